The third kappa shape index (κ3) is 11.9. The molecule has 0 bridgehead atoms. The Hall–Kier alpha value is -1.24. The van der Waals surface area contributed by atoms with Crippen molar-refractivity contribution in [2.45, 2.75) is 104 Å². The maximum absolute atomic E-state index is 6.25. The second kappa shape index (κ2) is 17.6. The van der Waals surface area contributed by atoms with Gasteiger partial charge in [-0.05, 0) is 42.9 Å². The molecule has 1 nitrogen and oxygen atoms in total. The van der Waals surface area contributed by atoms with Crippen LogP contribution in [0.15, 0.2) is 31.4 Å². The van der Waals surface area contributed by atoms with Crippen molar-refractivity contribution in [3.05, 3.63) is 42.5 Å². The van der Waals surface area contributed by atoms with Gasteiger partial charge in [-0.3, -0.25) is 0 Å². The molecule has 1 aromatic rings. The molecule has 0 spiro atoms. The van der Waals surface area contributed by atoms with E-state index in [9.17, 15) is 0 Å². The molecule has 1 heteroatoms. The Labute approximate surface area is 158 Å². The molecule has 0 aromatic heterocycles. The van der Waals surface area contributed by atoms with Crippen LogP contribution in [0.4, 0.5) is 5.69 Å². The molecule has 0 fully saturated rings. The summed E-state index contributed by atoms with van der Waals surface area (Å²) in [6.45, 7) is 10.6. The van der Waals surface area contributed by atoms with E-state index in [1.165, 1.54) is 101 Å². The first-order valence-corrected chi connectivity index (χ1v) is 10.7. The Morgan fingerprint density at radius 3 is 1.72 bits per heavy atom. The molecule has 0 saturated carbocycles. The molecule has 0 amide bonds. The topological polar surface area (TPSA) is 26.0 Å². The summed E-state index contributed by atoms with van der Waals surface area (Å²) in [5.41, 5.74) is 10.2. The van der Waals surface area contributed by atoms with Gasteiger partial charge in [-0.1, -0.05) is 90.2 Å². The van der Waals surface area contributed by atoms with Gasteiger partial charge in [0.2, 0.25) is 0 Å². The Balaban J connectivity index is 0.00000277. The van der Waals surface area contributed by atoms with Gasteiger partial charge in [-0.2, -0.15) is 0 Å². The largest absolute Gasteiger partial charge is 0.398 e. The van der Waals surface area contributed by atoms with Crippen LogP contribution in [-0.2, 0) is 12.8 Å². The highest BCUT2D eigenvalue weighted by molar-refractivity contribution is 5.51. The summed E-state index contributed by atoms with van der Waals surface area (Å²) in [6.07, 6.45) is 18.7. The van der Waals surface area contributed by atoms with Gasteiger partial charge in [0.15, 0.2) is 0 Å². The van der Waals surface area contributed by atoms with Crippen LogP contribution in [0.25, 0.3) is 0 Å². The van der Waals surface area contributed by atoms with E-state index < -0.39 is 0 Å². The van der Waals surface area contributed by atoms with Crippen molar-refractivity contribution in [3.8, 4) is 0 Å². The highest BCUT2D eigenvalue weighted by Crippen LogP contribution is 2.22. The number of unbranched alkanes of at least 4 members (excludes halogenated alkanes) is 10. The molecule has 1 aromatic carbocycles. The maximum atomic E-state index is 6.25. The lowest BCUT2D eigenvalue weighted by atomic mass is 9.95. The number of hydrogen-bond acceptors (Lipinski definition) is 1. The van der Waals surface area contributed by atoms with Gasteiger partial charge in [-0.15, -0.1) is 13.2 Å². The van der Waals surface area contributed by atoms with E-state index in [0.717, 1.165) is 5.69 Å². The molecule has 1 rings (SSSR count). The average molecular weight is 346 g/mol. The summed E-state index contributed by atoms with van der Waals surface area (Å²) in [6, 6.07) is 6.51. The first-order chi connectivity index (χ1) is 12.3. The summed E-state index contributed by atoms with van der Waals surface area (Å²) >= 11 is 0. The lowest BCUT2D eigenvalue weighted by molar-refractivity contribution is 0.599. The normalized spacial score (nSPS) is 10.3. The third-order valence-corrected chi connectivity index (χ3v) is 4.89. The third-order valence-electron chi connectivity index (χ3n) is 4.89. The minimum absolute atomic E-state index is 1.02. The van der Waals surface area contributed by atoms with Crippen LogP contribution >= 0.6 is 0 Å². The number of nitrogen functional groups attached to an aromatic ring is 1. The number of aryl methyl sites for hydroxylation is 1. The van der Waals surface area contributed by atoms with Crippen LogP contribution in [0.1, 0.15) is 102 Å². The molecule has 144 valence electrons. The zero-order valence-corrected chi connectivity index (χ0v) is 17.1. The molecule has 0 heterocycles. The summed E-state index contributed by atoms with van der Waals surface area (Å²) in [5.74, 6) is 0. The van der Waals surface area contributed by atoms with Gasteiger partial charge in [-0.25, -0.2) is 0 Å². The van der Waals surface area contributed by atoms with Gasteiger partial charge in [0.1, 0.15) is 0 Å². The van der Waals surface area contributed by atoms with Crippen LogP contribution in [0.5, 0.6) is 0 Å². The van der Waals surface area contributed by atoms with E-state index >= 15 is 0 Å². The van der Waals surface area contributed by atoms with Crippen molar-refractivity contribution >= 4 is 5.69 Å². The first-order valence-electron chi connectivity index (χ1n) is 10.7. The highest BCUT2D eigenvalue weighted by Gasteiger charge is 2.06. The predicted octanol–water partition coefficient (Wildman–Crippen LogP) is 7.88. The zero-order valence-electron chi connectivity index (χ0n) is 17.1. The molecule has 0 atom stereocenters. The second-order valence-corrected chi connectivity index (χ2v) is 7.02. The van der Waals surface area contributed by atoms with Gasteiger partial charge < -0.3 is 5.73 Å². The van der Waals surface area contributed by atoms with Crippen LogP contribution in [0.2, 0.25) is 0 Å². The molecule has 2 N–H and O–H groups in total. The summed E-state index contributed by atoms with van der Waals surface area (Å²) in [5, 5.41) is 0. The van der Waals surface area contributed by atoms with E-state index in [1.54, 1.807) is 0 Å². The first kappa shape index (κ1) is 23.8. The van der Waals surface area contributed by atoms with Crippen molar-refractivity contribution in [2.75, 3.05) is 5.73 Å². The Morgan fingerprint density at radius 1 is 0.680 bits per heavy atom. The quantitative estimate of drug-likeness (QED) is 0.207. The van der Waals surface area contributed by atoms with E-state index in [4.69, 9.17) is 5.73 Å². The molecule has 0 unspecified atom stereocenters. The molecule has 0 aliphatic rings. The lowest BCUT2D eigenvalue weighted by Crippen LogP contribution is -2.01. The van der Waals surface area contributed by atoms with Crippen molar-refractivity contribution in [1.82, 2.24) is 0 Å². The van der Waals surface area contributed by atoms with E-state index in [-0.39, 0.29) is 0 Å². The number of rotatable bonds is 14. The van der Waals surface area contributed by atoms with Crippen molar-refractivity contribution in [3.63, 3.8) is 0 Å². The average Bonchev–Trinajstić information content (AvgIpc) is 2.64. The fourth-order valence-electron chi connectivity index (χ4n) is 3.37. The summed E-state index contributed by atoms with van der Waals surface area (Å²) < 4.78 is 0. The fraction of sp³-hybridized carbons (Fsp3) is 0.667. The minimum Gasteiger partial charge on any atom is -0.398 e. The molecule has 25 heavy (non-hydrogen) atoms. The van der Waals surface area contributed by atoms with Crippen LogP contribution in [-0.4, -0.2) is 0 Å². The standard InChI is InChI=1S/C22H39N.C2H4/c1-3-5-7-9-11-13-16-20-17-15-19-22(23)21(20)18-14-12-10-8-6-4-2;1-2/h15,17,19H,3-14,16,18,23H2,1-2H3;1-2H2. The smallest absolute Gasteiger partial charge is 0.0349 e. The van der Waals surface area contributed by atoms with E-state index in [2.05, 4.69) is 45.2 Å². The maximum Gasteiger partial charge on any atom is 0.0349 e. The summed E-state index contributed by atoms with van der Waals surface area (Å²) in [4.78, 5) is 0. The highest BCUT2D eigenvalue weighted by atomic mass is 14.6. The molecule has 0 radical (unpaired) electrons. The SMILES string of the molecule is C=C.CCCCCCCCc1cccc(N)c1CCCCCCCC. The molecular formula is C24H43N. The second-order valence-electron chi connectivity index (χ2n) is 7.02. The van der Waals surface area contributed by atoms with Crippen LogP contribution in [0.3, 0.4) is 0 Å². The van der Waals surface area contributed by atoms with Crippen LogP contribution < -0.4 is 5.73 Å². The van der Waals surface area contributed by atoms with Gasteiger partial charge in [0.25, 0.3) is 0 Å². The lowest BCUT2D eigenvalue weighted by Gasteiger charge is -2.12. The van der Waals surface area contributed by atoms with Crippen molar-refractivity contribution in [1.29, 1.82) is 0 Å². The molecule has 0 saturated heterocycles. The Kier molecular flexibility index (Phi) is 16.7. The molecule has 0 aliphatic heterocycles. The fourth-order valence-corrected chi connectivity index (χ4v) is 3.37. The number of benzene rings is 1. The Morgan fingerprint density at radius 2 is 1.16 bits per heavy atom. The number of hydrogen-bond donors (Lipinski definition) is 1. The predicted molar refractivity (Wildman–Crippen MR) is 116 cm³/mol. The zero-order chi connectivity index (χ0) is 18.8. The monoisotopic (exact) mass is 345 g/mol. The van der Waals surface area contributed by atoms with Crippen molar-refractivity contribution < 1.29 is 0 Å². The van der Waals surface area contributed by atoms with Gasteiger partial charge in [0.05, 0.1) is 0 Å². The molecular weight excluding hydrogens is 302 g/mol. The van der Waals surface area contributed by atoms with E-state index in [1.807, 2.05) is 0 Å². The molecule has 0 aliphatic carbocycles. The minimum atomic E-state index is 1.02. The Bertz CT molecular complexity index is 411. The van der Waals surface area contributed by atoms with Gasteiger partial charge >= 0.3 is 0 Å². The van der Waals surface area contributed by atoms with Crippen molar-refractivity contribution in [2.24, 2.45) is 0 Å². The van der Waals surface area contributed by atoms with E-state index in [0.29, 0.717) is 0 Å². The van der Waals surface area contributed by atoms with Crippen LogP contribution in [0, 0.1) is 0 Å². The number of anilines is 1. The van der Waals surface area contributed by atoms with Gasteiger partial charge in [0, 0.05) is 5.69 Å². The number of nitrogens with two attached hydrogens (primary N) is 1. The summed E-state index contributed by atoms with van der Waals surface area (Å²) in [7, 11) is 0.